The highest BCUT2D eigenvalue weighted by atomic mass is 79.9. The number of amides is 1. The minimum Gasteiger partial charge on any atom is -0.496 e. The van der Waals surface area contributed by atoms with Crippen LogP contribution in [0.3, 0.4) is 0 Å². The molecule has 9 heteroatoms. The number of hydrogen-bond donors (Lipinski definition) is 0. The van der Waals surface area contributed by atoms with Crippen LogP contribution in [-0.4, -0.2) is 43.9 Å². The Kier molecular flexibility index (Phi) is 4.69. The number of rotatable bonds is 4. The molecule has 0 spiro atoms. The fourth-order valence-corrected chi connectivity index (χ4v) is 3.94. The zero-order chi connectivity index (χ0) is 19.0. The van der Waals surface area contributed by atoms with Crippen LogP contribution in [-0.2, 0) is 11.3 Å². The molecule has 3 heterocycles. The summed E-state index contributed by atoms with van der Waals surface area (Å²) in [6.07, 6.45) is 4.71. The number of fused-ring (bicyclic) bond motifs is 1. The predicted octanol–water partition coefficient (Wildman–Crippen LogP) is 2.03. The Morgan fingerprint density at radius 3 is 3.00 bits per heavy atom. The second-order valence-corrected chi connectivity index (χ2v) is 7.30. The van der Waals surface area contributed by atoms with E-state index in [9.17, 15) is 9.59 Å². The number of ether oxygens (including phenoxy) is 1. The zero-order valence-corrected chi connectivity index (χ0v) is 16.3. The van der Waals surface area contributed by atoms with E-state index in [1.54, 1.807) is 18.1 Å². The quantitative estimate of drug-likeness (QED) is 0.630. The van der Waals surface area contributed by atoms with Gasteiger partial charge in [0.25, 0.3) is 5.56 Å². The monoisotopic (exact) mass is 431 g/mol. The van der Waals surface area contributed by atoms with Gasteiger partial charge in [-0.3, -0.25) is 9.59 Å². The van der Waals surface area contributed by atoms with Crippen molar-refractivity contribution < 1.29 is 9.53 Å². The van der Waals surface area contributed by atoms with E-state index < -0.39 is 0 Å². The first-order valence-electron chi connectivity index (χ1n) is 8.61. The van der Waals surface area contributed by atoms with Crippen LogP contribution in [0.1, 0.15) is 24.4 Å². The Balaban J connectivity index is 1.62. The molecule has 4 rings (SSSR count). The molecule has 0 bridgehead atoms. The summed E-state index contributed by atoms with van der Waals surface area (Å²) < 4.78 is 9.00. The van der Waals surface area contributed by atoms with E-state index in [1.165, 1.54) is 21.7 Å². The Morgan fingerprint density at radius 1 is 1.33 bits per heavy atom. The van der Waals surface area contributed by atoms with Crippen LogP contribution in [0.5, 0.6) is 5.75 Å². The lowest BCUT2D eigenvalue weighted by Gasteiger charge is -2.26. The maximum atomic E-state index is 13.0. The van der Waals surface area contributed by atoms with Crippen molar-refractivity contribution in [2.24, 2.45) is 0 Å². The molecule has 2 aromatic heterocycles. The zero-order valence-electron chi connectivity index (χ0n) is 14.7. The van der Waals surface area contributed by atoms with Gasteiger partial charge in [0, 0.05) is 16.6 Å². The number of benzene rings is 1. The molecule has 0 N–H and O–H groups in total. The van der Waals surface area contributed by atoms with E-state index in [0.29, 0.717) is 12.1 Å². The number of carbonyl (C=O) groups is 1. The van der Waals surface area contributed by atoms with E-state index in [2.05, 4.69) is 26.1 Å². The summed E-state index contributed by atoms with van der Waals surface area (Å²) in [6, 6.07) is 7.31. The first-order valence-corrected chi connectivity index (χ1v) is 9.40. The summed E-state index contributed by atoms with van der Waals surface area (Å²) in [5, 5.41) is 8.04. The molecule has 3 aromatic rings. The molecule has 1 aliphatic heterocycles. The largest absolute Gasteiger partial charge is 0.496 e. The lowest BCUT2D eigenvalue weighted by molar-refractivity contribution is -0.133. The molecule has 1 aromatic carbocycles. The normalized spacial score (nSPS) is 16.8. The van der Waals surface area contributed by atoms with Gasteiger partial charge in [0.2, 0.25) is 5.91 Å². The lowest BCUT2D eigenvalue weighted by atomic mass is 10.0. The van der Waals surface area contributed by atoms with Crippen molar-refractivity contribution in [3.05, 3.63) is 57.2 Å². The van der Waals surface area contributed by atoms with Gasteiger partial charge in [-0.1, -0.05) is 15.9 Å². The van der Waals surface area contributed by atoms with Crippen molar-refractivity contribution in [1.82, 2.24) is 24.3 Å². The van der Waals surface area contributed by atoms with E-state index in [0.717, 1.165) is 28.6 Å². The number of likely N-dealkylation sites (tertiary alicyclic amines) is 1. The molecule has 1 fully saturated rings. The average Bonchev–Trinajstić information content (AvgIpc) is 3.33. The molecule has 1 atom stereocenters. The second kappa shape index (κ2) is 7.15. The third-order valence-electron chi connectivity index (χ3n) is 4.83. The first-order chi connectivity index (χ1) is 13.1. The van der Waals surface area contributed by atoms with Gasteiger partial charge < -0.3 is 9.64 Å². The van der Waals surface area contributed by atoms with Gasteiger partial charge >= 0.3 is 0 Å². The van der Waals surface area contributed by atoms with E-state index >= 15 is 0 Å². The number of carbonyl (C=O) groups excluding carboxylic acids is 1. The molecule has 0 radical (unpaired) electrons. The van der Waals surface area contributed by atoms with Crippen LogP contribution in [0, 0.1) is 0 Å². The molecule has 8 nitrogen and oxygen atoms in total. The fraction of sp³-hybridized carbons (Fsp3) is 0.333. The van der Waals surface area contributed by atoms with Gasteiger partial charge in [0.15, 0.2) is 0 Å². The Bertz CT molecular complexity index is 1060. The summed E-state index contributed by atoms with van der Waals surface area (Å²) in [4.78, 5) is 27.2. The molecule has 140 valence electrons. The highest BCUT2D eigenvalue weighted by molar-refractivity contribution is 9.10. The predicted molar refractivity (Wildman–Crippen MR) is 102 cm³/mol. The van der Waals surface area contributed by atoms with Crippen LogP contribution >= 0.6 is 15.9 Å². The van der Waals surface area contributed by atoms with Gasteiger partial charge in [-0.15, -0.1) is 0 Å². The molecular formula is C18H18BrN5O3. The minimum atomic E-state index is -0.334. The fourth-order valence-electron chi connectivity index (χ4n) is 3.56. The molecule has 1 saturated heterocycles. The van der Waals surface area contributed by atoms with Crippen molar-refractivity contribution in [2.45, 2.75) is 25.4 Å². The molecule has 0 saturated carbocycles. The van der Waals surface area contributed by atoms with Crippen LogP contribution in [0.15, 0.2) is 46.1 Å². The van der Waals surface area contributed by atoms with Crippen LogP contribution < -0.4 is 10.3 Å². The number of hydrogen-bond acceptors (Lipinski definition) is 5. The van der Waals surface area contributed by atoms with Crippen LogP contribution in [0.25, 0.3) is 5.52 Å². The number of aromatic nitrogens is 4. The number of methoxy groups -OCH3 is 1. The topological polar surface area (TPSA) is 81.7 Å². The van der Waals surface area contributed by atoms with Crippen molar-refractivity contribution in [1.29, 1.82) is 0 Å². The van der Waals surface area contributed by atoms with E-state index in [4.69, 9.17) is 4.74 Å². The van der Waals surface area contributed by atoms with Crippen molar-refractivity contribution in [3.63, 3.8) is 0 Å². The van der Waals surface area contributed by atoms with Gasteiger partial charge in [-0.05, 0) is 37.1 Å². The van der Waals surface area contributed by atoms with Crippen LogP contribution in [0.2, 0.25) is 0 Å². The molecular weight excluding hydrogens is 414 g/mol. The minimum absolute atomic E-state index is 0.0839. The highest BCUT2D eigenvalue weighted by Gasteiger charge is 2.32. The summed E-state index contributed by atoms with van der Waals surface area (Å²) in [7, 11) is 1.62. The third kappa shape index (κ3) is 3.23. The Hall–Kier alpha value is -2.68. The summed E-state index contributed by atoms with van der Waals surface area (Å²) in [5.74, 6) is 0.608. The summed E-state index contributed by atoms with van der Waals surface area (Å²) in [5.41, 5.74) is 1.02. The second-order valence-electron chi connectivity index (χ2n) is 6.39. The van der Waals surface area contributed by atoms with Crippen LogP contribution in [0.4, 0.5) is 0 Å². The van der Waals surface area contributed by atoms with Gasteiger partial charge in [-0.2, -0.15) is 10.2 Å². The van der Waals surface area contributed by atoms with E-state index in [-0.39, 0.29) is 24.1 Å². The summed E-state index contributed by atoms with van der Waals surface area (Å²) in [6.45, 7) is 0.538. The third-order valence-corrected chi connectivity index (χ3v) is 5.33. The Labute approximate surface area is 163 Å². The average molecular weight is 432 g/mol. The van der Waals surface area contributed by atoms with E-state index in [1.807, 2.05) is 18.2 Å². The standard InChI is InChI=1S/C18H18BrN5O3/c1-27-16-5-4-12(19)9-13(16)14-3-2-8-22(14)17(25)10-23-18(26)15-6-7-20-24(15)11-21-23/h4-7,9,11,14H,2-3,8,10H2,1H3. The summed E-state index contributed by atoms with van der Waals surface area (Å²) >= 11 is 3.49. The van der Waals surface area contributed by atoms with Crippen molar-refractivity contribution in [2.75, 3.05) is 13.7 Å². The van der Waals surface area contributed by atoms with Gasteiger partial charge in [0.05, 0.1) is 19.3 Å². The SMILES string of the molecule is COc1ccc(Br)cc1C1CCCN1C(=O)Cn1ncn2nccc2c1=O. The molecule has 1 amide bonds. The molecule has 1 unspecified atom stereocenters. The maximum absolute atomic E-state index is 13.0. The van der Waals surface area contributed by atoms with Gasteiger partial charge in [-0.25, -0.2) is 9.20 Å². The van der Waals surface area contributed by atoms with Gasteiger partial charge in [0.1, 0.15) is 24.1 Å². The maximum Gasteiger partial charge on any atom is 0.293 e. The smallest absolute Gasteiger partial charge is 0.293 e. The molecule has 0 aliphatic carbocycles. The van der Waals surface area contributed by atoms with Crippen molar-refractivity contribution in [3.8, 4) is 5.75 Å². The molecule has 27 heavy (non-hydrogen) atoms. The number of nitrogens with zero attached hydrogens (tertiary/aromatic N) is 5. The Morgan fingerprint density at radius 2 is 2.19 bits per heavy atom. The van der Waals surface area contributed by atoms with Crippen molar-refractivity contribution >= 4 is 27.4 Å². The first kappa shape index (κ1) is 17.7. The highest BCUT2D eigenvalue weighted by Crippen LogP contribution is 2.38. The molecule has 1 aliphatic rings. The number of halogens is 1. The lowest BCUT2D eigenvalue weighted by Crippen LogP contribution is -2.37.